The van der Waals surface area contributed by atoms with E-state index in [1.54, 1.807) is 0 Å². The summed E-state index contributed by atoms with van der Waals surface area (Å²) in [5, 5.41) is 12.9. The highest BCUT2D eigenvalue weighted by atomic mass is 32.3. The molecule has 3 saturated heterocycles. The van der Waals surface area contributed by atoms with Crippen LogP contribution in [0.2, 0.25) is 0 Å². The lowest BCUT2D eigenvalue weighted by molar-refractivity contribution is -0.953. The van der Waals surface area contributed by atoms with Crippen molar-refractivity contribution in [1.82, 2.24) is 25.7 Å². The number of carboxylic acid groups (broad SMARTS) is 1. The van der Waals surface area contributed by atoms with E-state index in [9.17, 15) is 32.7 Å². The van der Waals surface area contributed by atoms with Crippen molar-refractivity contribution in [2.75, 3.05) is 32.7 Å². The standard InChI is InChI=1S/C38H68N6O9S/c1-7-11-21-44(22-12-8-2,23-13-9-3)30(14-10-4)25-38(5,6)33(27-15-16-27)28-19-20-41(37(48)49)32(24-28)35(46)40-39-34(45)31-18-17-29-26-42(31)36(47)43(29)53-54(50,51)52/h27-33H,7-26H2,1-6H3,(H3-,39,40,45,46,48,49,50,51,52)/t28-,29-,30?,31+,32+,33?/m1/s1. The summed E-state index contributed by atoms with van der Waals surface area (Å²) in [5.41, 5.74) is 4.78. The van der Waals surface area contributed by atoms with Gasteiger partial charge in [0.15, 0.2) is 0 Å². The van der Waals surface area contributed by atoms with Gasteiger partial charge in [0.1, 0.15) is 18.2 Å². The van der Waals surface area contributed by atoms with Crippen molar-refractivity contribution in [1.29, 1.82) is 0 Å². The maximum absolute atomic E-state index is 13.8. The molecule has 6 atom stereocenters. The number of unbranched alkanes of at least 4 members (excludes halogenated alkanes) is 3. The molecule has 3 heterocycles. The summed E-state index contributed by atoms with van der Waals surface area (Å²) < 4.78 is 37.2. The third kappa shape index (κ3) is 10.8. The molecular weight excluding hydrogens is 717 g/mol. The molecule has 0 radical (unpaired) electrons. The van der Waals surface area contributed by atoms with Crippen molar-refractivity contribution >= 4 is 34.3 Å². The fourth-order valence-corrected chi connectivity index (χ4v) is 10.6. The third-order valence-electron chi connectivity index (χ3n) is 12.9. The Bertz CT molecular complexity index is 1390. The zero-order valence-electron chi connectivity index (χ0n) is 33.6. The van der Waals surface area contributed by atoms with Crippen LogP contribution in [0.3, 0.4) is 0 Å². The zero-order chi connectivity index (χ0) is 39.8. The molecular formula is C38H68N6O9S. The molecule has 1 saturated carbocycles. The number of rotatable bonds is 21. The molecule has 0 aromatic rings. The van der Waals surface area contributed by atoms with E-state index >= 15 is 0 Å². The first kappa shape index (κ1) is 44.0. The number of piperidine rings is 2. The Hall–Kier alpha value is -2.69. The summed E-state index contributed by atoms with van der Waals surface area (Å²) in [6, 6.07) is -3.14. The number of fused-ring (bicyclic) bond motifs is 2. The van der Waals surface area contributed by atoms with Crippen LogP contribution in [0.15, 0.2) is 0 Å². The van der Waals surface area contributed by atoms with Gasteiger partial charge < -0.3 is 24.2 Å². The van der Waals surface area contributed by atoms with Crippen LogP contribution in [0.1, 0.15) is 138 Å². The summed E-state index contributed by atoms with van der Waals surface area (Å²) in [6.45, 7) is 17.7. The van der Waals surface area contributed by atoms with Gasteiger partial charge in [-0.25, -0.2) is 4.79 Å². The number of amides is 5. The normalized spacial score (nSPS) is 24.7. The number of carbonyl (C=O) groups excluding carboxylic acids is 4. The first-order valence-electron chi connectivity index (χ1n) is 20.7. The third-order valence-corrected chi connectivity index (χ3v) is 13.2. The van der Waals surface area contributed by atoms with E-state index in [4.69, 9.17) is 4.55 Å². The van der Waals surface area contributed by atoms with Crippen LogP contribution < -0.4 is 16.0 Å². The molecule has 0 spiro atoms. The highest BCUT2D eigenvalue weighted by molar-refractivity contribution is 7.80. The molecule has 5 amide bonds. The molecule has 15 nitrogen and oxygen atoms in total. The Kier molecular flexibility index (Phi) is 15.5. The first-order chi connectivity index (χ1) is 25.5. The minimum atomic E-state index is -4.95. The zero-order valence-corrected chi connectivity index (χ0v) is 34.4. The summed E-state index contributed by atoms with van der Waals surface area (Å²) in [7, 11) is -4.95. The number of urea groups is 1. The van der Waals surface area contributed by atoms with Gasteiger partial charge in [-0.1, -0.05) is 67.2 Å². The van der Waals surface area contributed by atoms with E-state index in [0.29, 0.717) is 35.8 Å². The van der Waals surface area contributed by atoms with Crippen molar-refractivity contribution in [3.8, 4) is 0 Å². The van der Waals surface area contributed by atoms with Gasteiger partial charge in [-0.3, -0.25) is 25.0 Å². The van der Waals surface area contributed by atoms with E-state index in [0.717, 1.165) is 35.5 Å². The number of hydroxylamine groups is 2. The monoisotopic (exact) mass is 784 g/mol. The maximum atomic E-state index is 13.8. The number of nitrogens with one attached hydrogen (secondary N) is 2. The molecule has 2 bridgehead atoms. The number of carbonyl (C=O) groups is 4. The van der Waals surface area contributed by atoms with Crippen LogP contribution >= 0.6 is 0 Å². The van der Waals surface area contributed by atoms with Crippen molar-refractivity contribution in [3.63, 3.8) is 0 Å². The smallest absolute Gasteiger partial charge is 0.418 e. The molecule has 1 aliphatic carbocycles. The Morgan fingerprint density at radius 1 is 0.889 bits per heavy atom. The van der Waals surface area contributed by atoms with Gasteiger partial charge in [0.25, 0.3) is 11.8 Å². The number of hydrogen-bond acceptors (Lipinski definition) is 8. The Morgan fingerprint density at radius 3 is 1.96 bits per heavy atom. The molecule has 4 rings (SSSR count). The average Bonchev–Trinajstić information content (AvgIpc) is 3.92. The largest absolute Gasteiger partial charge is 0.530 e. The summed E-state index contributed by atoms with van der Waals surface area (Å²) >= 11 is 0. The topological polar surface area (TPSA) is 189 Å². The number of likely N-dealkylation sites (tertiary alicyclic amines) is 1. The molecule has 3 aliphatic heterocycles. The lowest BCUT2D eigenvalue weighted by Crippen LogP contribution is -2.62. The van der Waals surface area contributed by atoms with E-state index in [2.05, 4.69) is 56.7 Å². The second-order valence-corrected chi connectivity index (χ2v) is 18.2. The van der Waals surface area contributed by atoms with Gasteiger partial charge in [-0.15, -0.1) is 4.28 Å². The summed E-state index contributed by atoms with van der Waals surface area (Å²) in [5.74, 6) is -0.439. The first-order valence-corrected chi connectivity index (χ1v) is 22.1. The summed E-state index contributed by atoms with van der Waals surface area (Å²) in [4.78, 5) is 54.4. The number of nitrogens with zero attached hydrogens (tertiary/aromatic N) is 4. The molecule has 16 heteroatoms. The predicted octanol–water partition coefficient (Wildman–Crippen LogP) is 4.39. The molecule has 3 N–H and O–H groups in total. The second-order valence-electron chi connectivity index (χ2n) is 17.2. The van der Waals surface area contributed by atoms with Crippen LogP contribution in [0.5, 0.6) is 0 Å². The van der Waals surface area contributed by atoms with Crippen LogP contribution in [-0.2, 0) is 24.3 Å². The fourth-order valence-electron chi connectivity index (χ4n) is 10.2. The van der Waals surface area contributed by atoms with Crippen LogP contribution in [0.4, 0.5) is 9.59 Å². The number of hydrazine groups is 1. The van der Waals surface area contributed by atoms with E-state index in [1.165, 1.54) is 69.1 Å². The average molecular weight is 785 g/mol. The maximum Gasteiger partial charge on any atom is 0.418 e. The van der Waals surface area contributed by atoms with Gasteiger partial charge in [0.05, 0.1) is 31.7 Å². The van der Waals surface area contributed by atoms with Gasteiger partial charge in [0.2, 0.25) is 0 Å². The van der Waals surface area contributed by atoms with E-state index < -0.39 is 52.5 Å². The van der Waals surface area contributed by atoms with Crippen molar-refractivity contribution < 1.29 is 46.0 Å². The van der Waals surface area contributed by atoms with E-state index in [-0.39, 0.29) is 37.3 Å². The molecule has 54 heavy (non-hydrogen) atoms. The molecule has 2 unspecified atom stereocenters. The highest BCUT2D eigenvalue weighted by Crippen LogP contribution is 2.54. The molecule has 310 valence electrons. The second kappa shape index (κ2) is 19.0. The molecule has 4 aliphatic rings. The van der Waals surface area contributed by atoms with Crippen LogP contribution in [0, 0.1) is 23.2 Å². The molecule has 0 aromatic carbocycles. The van der Waals surface area contributed by atoms with Crippen molar-refractivity contribution in [2.24, 2.45) is 23.2 Å². The van der Waals surface area contributed by atoms with Crippen molar-refractivity contribution in [3.05, 3.63) is 0 Å². The van der Waals surface area contributed by atoms with E-state index in [1.807, 2.05) is 0 Å². The van der Waals surface area contributed by atoms with Gasteiger partial charge in [0, 0.05) is 19.5 Å². The highest BCUT2D eigenvalue weighted by Gasteiger charge is 2.52. The van der Waals surface area contributed by atoms with Crippen molar-refractivity contribution in [2.45, 2.75) is 162 Å². The molecule has 0 aromatic heterocycles. The SMILES string of the molecule is CCCC[N+](CCCC)(CCCC)C(CCC)CC(C)(C)C(C1CC1)[C@@H]1CCN(C(=O)[O-])[C@H](C(=O)NNC(=O)[C@@H]2CC[C@@H]3CN2C(=O)N3OS(=O)(=O)O)C1. The summed E-state index contributed by atoms with van der Waals surface area (Å²) in [6.07, 6.45) is 12.7. The number of hydrogen-bond donors (Lipinski definition) is 3. The van der Waals surface area contributed by atoms with Gasteiger partial charge >= 0.3 is 16.4 Å². The lowest BCUT2D eigenvalue weighted by atomic mass is 9.62. The van der Waals surface area contributed by atoms with Gasteiger partial charge in [-0.05, 0) is 87.4 Å². The minimum absolute atomic E-state index is 0.00355. The van der Waals surface area contributed by atoms with Crippen LogP contribution in [-0.4, -0.2) is 113 Å². The fraction of sp³-hybridized carbons (Fsp3) is 0.895. The Morgan fingerprint density at radius 2 is 1.46 bits per heavy atom. The predicted molar refractivity (Wildman–Crippen MR) is 201 cm³/mol. The Balaban J connectivity index is 1.50. The Labute approximate surface area is 323 Å². The molecule has 4 fully saturated rings. The van der Waals surface area contributed by atoms with Crippen LogP contribution in [0.25, 0.3) is 0 Å². The van der Waals surface area contributed by atoms with Gasteiger partial charge in [-0.2, -0.15) is 13.5 Å². The quantitative estimate of drug-likeness (QED) is 0.0862. The number of quaternary nitrogens is 1. The minimum Gasteiger partial charge on any atom is -0.530 e. The lowest BCUT2D eigenvalue weighted by Gasteiger charge is -2.51.